The van der Waals surface area contributed by atoms with Crippen molar-refractivity contribution in [2.45, 2.75) is 30.3 Å². The minimum atomic E-state index is -0.165. The average Bonchev–Trinajstić information content (AvgIpc) is 2.93. The quantitative estimate of drug-likeness (QED) is 0.903. The molecule has 0 radical (unpaired) electrons. The van der Waals surface area contributed by atoms with Gasteiger partial charge in [0, 0.05) is 23.2 Å². The summed E-state index contributed by atoms with van der Waals surface area (Å²) in [5, 5.41) is 10.5. The van der Waals surface area contributed by atoms with Gasteiger partial charge in [0.15, 0.2) is 0 Å². The summed E-state index contributed by atoms with van der Waals surface area (Å²) in [4.78, 5) is 1.18. The van der Waals surface area contributed by atoms with Crippen molar-refractivity contribution in [2.75, 3.05) is 5.75 Å². The molecule has 100 valence electrons. The van der Waals surface area contributed by atoms with Gasteiger partial charge >= 0.3 is 0 Å². The number of rotatable bonds is 3. The van der Waals surface area contributed by atoms with Crippen LogP contribution >= 0.6 is 11.8 Å². The molecule has 3 rings (SSSR count). The maximum atomic E-state index is 13.4. The van der Waals surface area contributed by atoms with Crippen molar-refractivity contribution in [2.24, 2.45) is 0 Å². The first-order valence-electron chi connectivity index (χ1n) is 6.41. The fraction of sp³-hybridized carbons (Fsp3) is 0.357. The van der Waals surface area contributed by atoms with Crippen molar-refractivity contribution in [1.82, 2.24) is 15.5 Å². The Bertz CT molecular complexity index is 556. The molecule has 2 aromatic rings. The molecular formula is C14H16FN3S. The van der Waals surface area contributed by atoms with Crippen molar-refractivity contribution in [3.05, 3.63) is 47.5 Å². The first kappa shape index (κ1) is 12.7. The highest BCUT2D eigenvalue weighted by Gasteiger charge is 2.23. The largest absolute Gasteiger partial charge is 0.302 e. The number of fused-ring (bicyclic) bond motifs is 1. The number of hydrogen-bond donors (Lipinski definition) is 2. The molecule has 0 bridgehead atoms. The lowest BCUT2D eigenvalue weighted by Crippen LogP contribution is -2.27. The highest BCUT2D eigenvalue weighted by Crippen LogP contribution is 2.37. The molecule has 1 aromatic carbocycles. The number of thioether (sulfide) groups is 1. The Balaban J connectivity index is 1.81. The first-order valence-corrected chi connectivity index (χ1v) is 7.40. The topological polar surface area (TPSA) is 40.7 Å². The first-order chi connectivity index (χ1) is 9.24. The molecule has 0 spiro atoms. The van der Waals surface area contributed by atoms with Gasteiger partial charge in [-0.05, 0) is 48.9 Å². The zero-order chi connectivity index (χ0) is 13.2. The third-order valence-corrected chi connectivity index (χ3v) is 4.57. The molecule has 0 aliphatic carbocycles. The van der Waals surface area contributed by atoms with Crippen LogP contribution in [0.3, 0.4) is 0 Å². The predicted molar refractivity (Wildman–Crippen MR) is 74.6 cm³/mol. The number of nitrogens with zero attached hydrogens (tertiary/aromatic N) is 1. The van der Waals surface area contributed by atoms with Crippen molar-refractivity contribution < 1.29 is 4.39 Å². The Kier molecular flexibility index (Phi) is 3.57. The summed E-state index contributed by atoms with van der Waals surface area (Å²) in [6.45, 7) is 2.09. The number of aromatic amines is 1. The number of nitrogens with one attached hydrogen (secondary N) is 2. The highest BCUT2D eigenvalue weighted by atomic mass is 32.2. The molecule has 1 aliphatic rings. The van der Waals surface area contributed by atoms with Gasteiger partial charge in [-0.1, -0.05) is 0 Å². The summed E-state index contributed by atoms with van der Waals surface area (Å²) in [7, 11) is 0. The lowest BCUT2D eigenvalue weighted by Gasteiger charge is -2.28. The fourth-order valence-corrected chi connectivity index (χ4v) is 3.54. The molecule has 0 amide bonds. The van der Waals surface area contributed by atoms with Crippen molar-refractivity contribution in [3.63, 3.8) is 0 Å². The van der Waals surface area contributed by atoms with Gasteiger partial charge in [-0.2, -0.15) is 5.10 Å². The second-order valence-corrected chi connectivity index (χ2v) is 5.91. The minimum absolute atomic E-state index is 0.165. The Morgan fingerprint density at radius 2 is 2.37 bits per heavy atom. The zero-order valence-corrected chi connectivity index (χ0v) is 11.5. The maximum absolute atomic E-state index is 13.4. The van der Waals surface area contributed by atoms with Crippen molar-refractivity contribution in [3.8, 4) is 0 Å². The summed E-state index contributed by atoms with van der Waals surface area (Å²) >= 11 is 1.80. The number of aromatic nitrogens is 2. The second kappa shape index (κ2) is 5.35. The van der Waals surface area contributed by atoms with E-state index in [9.17, 15) is 4.39 Å². The molecule has 0 fully saturated rings. The van der Waals surface area contributed by atoms with E-state index in [4.69, 9.17) is 0 Å². The highest BCUT2D eigenvalue weighted by molar-refractivity contribution is 7.99. The molecule has 2 unspecified atom stereocenters. The number of halogens is 1. The molecule has 1 aliphatic heterocycles. The summed E-state index contributed by atoms with van der Waals surface area (Å²) in [6, 6.07) is 7.40. The van der Waals surface area contributed by atoms with Gasteiger partial charge in [0.1, 0.15) is 5.82 Å². The molecule has 2 heterocycles. The Hall–Kier alpha value is -1.33. The van der Waals surface area contributed by atoms with Crippen LogP contribution in [-0.2, 0) is 0 Å². The maximum Gasteiger partial charge on any atom is 0.123 e. The summed E-state index contributed by atoms with van der Waals surface area (Å²) < 4.78 is 13.4. The van der Waals surface area contributed by atoms with Crippen molar-refractivity contribution >= 4 is 11.8 Å². The Morgan fingerprint density at radius 1 is 1.47 bits per heavy atom. The number of H-pyrrole nitrogens is 1. The van der Waals surface area contributed by atoms with Crippen molar-refractivity contribution in [1.29, 1.82) is 0 Å². The lowest BCUT2D eigenvalue weighted by molar-refractivity contribution is 0.441. The smallest absolute Gasteiger partial charge is 0.123 e. The summed E-state index contributed by atoms with van der Waals surface area (Å²) in [5.41, 5.74) is 2.12. The van der Waals surface area contributed by atoms with E-state index in [2.05, 4.69) is 22.4 Å². The van der Waals surface area contributed by atoms with Gasteiger partial charge < -0.3 is 5.32 Å². The van der Waals surface area contributed by atoms with Crippen LogP contribution < -0.4 is 5.32 Å². The van der Waals surface area contributed by atoms with Crippen LogP contribution in [0.25, 0.3) is 0 Å². The van der Waals surface area contributed by atoms with Gasteiger partial charge in [0.25, 0.3) is 0 Å². The van der Waals surface area contributed by atoms with Crippen LogP contribution in [0.5, 0.6) is 0 Å². The molecule has 2 atom stereocenters. The van der Waals surface area contributed by atoms with E-state index in [0.29, 0.717) is 0 Å². The number of benzene rings is 1. The lowest BCUT2D eigenvalue weighted by atomic mass is 10.0. The average molecular weight is 277 g/mol. The van der Waals surface area contributed by atoms with Gasteiger partial charge in [0.2, 0.25) is 0 Å². The fourth-order valence-electron chi connectivity index (χ4n) is 2.44. The standard InChI is InChI=1S/C14H16FN3S/c1-9(12-4-6-16-18-12)17-13-5-7-19-14-3-2-10(15)8-11(13)14/h2-4,6,8-9,13,17H,5,7H2,1H3,(H,16,18). The van der Waals surface area contributed by atoms with Gasteiger partial charge in [-0.3, -0.25) is 5.10 Å². The van der Waals surface area contributed by atoms with Crippen LogP contribution in [0.2, 0.25) is 0 Å². The minimum Gasteiger partial charge on any atom is -0.302 e. The zero-order valence-electron chi connectivity index (χ0n) is 10.7. The second-order valence-electron chi connectivity index (χ2n) is 4.77. The SMILES string of the molecule is CC(NC1CCSc2ccc(F)cc21)c1ccn[nH]1. The monoisotopic (exact) mass is 277 g/mol. The molecular weight excluding hydrogens is 261 g/mol. The Labute approximate surface area is 116 Å². The van der Waals surface area contributed by atoms with E-state index in [-0.39, 0.29) is 17.9 Å². The van der Waals surface area contributed by atoms with E-state index in [1.807, 2.05) is 12.1 Å². The molecule has 1 aromatic heterocycles. The van der Waals surface area contributed by atoms with E-state index >= 15 is 0 Å². The van der Waals surface area contributed by atoms with Crippen LogP contribution in [0, 0.1) is 5.82 Å². The molecule has 0 saturated carbocycles. The van der Waals surface area contributed by atoms with E-state index in [1.165, 1.54) is 11.0 Å². The van der Waals surface area contributed by atoms with Crippen LogP contribution in [0.15, 0.2) is 35.4 Å². The molecule has 0 saturated heterocycles. The van der Waals surface area contributed by atoms with Crippen LogP contribution in [-0.4, -0.2) is 16.0 Å². The Morgan fingerprint density at radius 3 is 3.16 bits per heavy atom. The summed E-state index contributed by atoms with van der Waals surface area (Å²) in [6.07, 6.45) is 2.76. The van der Waals surface area contributed by atoms with E-state index in [0.717, 1.165) is 23.4 Å². The van der Waals surface area contributed by atoms with Gasteiger partial charge in [-0.25, -0.2) is 4.39 Å². The predicted octanol–water partition coefficient (Wildman–Crippen LogP) is 3.44. The molecule has 19 heavy (non-hydrogen) atoms. The third-order valence-electron chi connectivity index (χ3n) is 3.45. The van der Waals surface area contributed by atoms with Gasteiger partial charge in [-0.15, -0.1) is 11.8 Å². The van der Waals surface area contributed by atoms with Crippen LogP contribution in [0.1, 0.15) is 36.7 Å². The van der Waals surface area contributed by atoms with Crippen LogP contribution in [0.4, 0.5) is 4.39 Å². The van der Waals surface area contributed by atoms with E-state index in [1.54, 1.807) is 24.0 Å². The summed E-state index contributed by atoms with van der Waals surface area (Å²) in [5.74, 6) is 0.897. The number of hydrogen-bond acceptors (Lipinski definition) is 3. The normalized spacial score (nSPS) is 20.0. The molecule has 3 nitrogen and oxygen atoms in total. The third kappa shape index (κ3) is 2.67. The van der Waals surface area contributed by atoms with Gasteiger partial charge in [0.05, 0.1) is 5.69 Å². The van der Waals surface area contributed by atoms with E-state index < -0.39 is 0 Å². The molecule has 2 N–H and O–H groups in total. The molecule has 5 heteroatoms.